The van der Waals surface area contributed by atoms with Crippen LogP contribution >= 0.6 is 0 Å². The Balaban J connectivity index is 1.43. The number of nitrogens with zero attached hydrogens (tertiary/aromatic N) is 4. The van der Waals surface area contributed by atoms with E-state index in [1.165, 1.54) is 11.1 Å². The highest BCUT2D eigenvalue weighted by atomic mass is 16.5. The number of carbonyl (C=O) groups excluding carboxylic acids is 1. The number of hydrogen-bond acceptors (Lipinski definition) is 6. The van der Waals surface area contributed by atoms with Crippen LogP contribution in [0.25, 0.3) is 22.5 Å². The molecular weight excluding hydrogens is 440 g/mol. The minimum Gasteiger partial charge on any atom is -0.490 e. The van der Waals surface area contributed by atoms with Gasteiger partial charge in [0.15, 0.2) is 5.82 Å². The van der Waals surface area contributed by atoms with Gasteiger partial charge in [-0.05, 0) is 61.6 Å². The third kappa shape index (κ3) is 4.15. The van der Waals surface area contributed by atoms with Crippen molar-refractivity contribution in [2.24, 2.45) is 0 Å². The summed E-state index contributed by atoms with van der Waals surface area (Å²) < 4.78 is 5.71. The maximum Gasteiger partial charge on any atom is 0.223 e. The fourth-order valence-electron chi connectivity index (χ4n) is 5.43. The number of aromatic nitrogens is 2. The predicted octanol–water partition coefficient (Wildman–Crippen LogP) is 3.88. The van der Waals surface area contributed by atoms with Gasteiger partial charge in [0.05, 0.1) is 18.3 Å². The Hall–Kier alpha value is -3.76. The molecule has 0 unspecified atom stereocenters. The number of hydrogen-bond donors (Lipinski definition) is 1. The largest absolute Gasteiger partial charge is 0.490 e. The summed E-state index contributed by atoms with van der Waals surface area (Å²) in [6.07, 6.45) is 5.95. The van der Waals surface area contributed by atoms with Crippen molar-refractivity contribution in [3.63, 3.8) is 0 Å². The van der Waals surface area contributed by atoms with Crippen molar-refractivity contribution in [2.45, 2.75) is 44.6 Å². The van der Waals surface area contributed by atoms with Crippen LogP contribution in [0.5, 0.6) is 5.75 Å². The van der Waals surface area contributed by atoms with E-state index in [-0.39, 0.29) is 24.0 Å². The van der Waals surface area contributed by atoms with Crippen LogP contribution in [0.1, 0.15) is 43.4 Å². The molecule has 5 rings (SSSR count). The Bertz CT molecular complexity index is 1310. The van der Waals surface area contributed by atoms with E-state index in [0.717, 1.165) is 29.5 Å². The lowest BCUT2D eigenvalue weighted by Gasteiger charge is -2.25. The number of likely N-dealkylation sites (tertiary alicyclic amines) is 1. The molecule has 1 aliphatic heterocycles. The number of rotatable bonds is 6. The molecular formula is C28H28N4O3. The molecule has 1 aromatic heterocycles. The SMILES string of the molecule is CC(C)Oc1ccc(-c2ncc(-c3cccc4c3CC[C@@]43CC(=O)N(CCO)C3)cn2)cc1C#N. The van der Waals surface area contributed by atoms with Crippen LogP contribution in [0.3, 0.4) is 0 Å². The third-order valence-corrected chi connectivity index (χ3v) is 6.99. The van der Waals surface area contributed by atoms with Crippen molar-refractivity contribution in [2.75, 3.05) is 19.7 Å². The monoisotopic (exact) mass is 468 g/mol. The summed E-state index contributed by atoms with van der Waals surface area (Å²) in [4.78, 5) is 23.5. The smallest absolute Gasteiger partial charge is 0.223 e. The molecule has 2 heterocycles. The molecule has 178 valence electrons. The normalized spacial score (nSPS) is 18.8. The Morgan fingerprint density at radius 3 is 2.71 bits per heavy atom. The third-order valence-electron chi connectivity index (χ3n) is 6.99. The lowest BCUT2D eigenvalue weighted by molar-refractivity contribution is -0.128. The van der Waals surface area contributed by atoms with E-state index in [9.17, 15) is 15.2 Å². The van der Waals surface area contributed by atoms with Gasteiger partial charge < -0.3 is 14.7 Å². The van der Waals surface area contributed by atoms with Gasteiger partial charge in [-0.2, -0.15) is 5.26 Å². The molecule has 1 aliphatic carbocycles. The molecule has 0 saturated carbocycles. The lowest BCUT2D eigenvalue weighted by atomic mass is 9.80. The number of amides is 1. The first-order valence-electron chi connectivity index (χ1n) is 12.0. The number of aliphatic hydroxyl groups is 1. The number of aliphatic hydroxyl groups excluding tert-OH is 1. The van der Waals surface area contributed by atoms with Crippen molar-refractivity contribution in [3.05, 3.63) is 65.5 Å². The number of benzene rings is 2. The van der Waals surface area contributed by atoms with E-state index >= 15 is 0 Å². The Morgan fingerprint density at radius 2 is 2.00 bits per heavy atom. The Kier molecular flexibility index (Phi) is 6.00. The minimum atomic E-state index is -0.175. The second-order valence-electron chi connectivity index (χ2n) is 9.61. The Morgan fingerprint density at radius 1 is 1.20 bits per heavy atom. The summed E-state index contributed by atoms with van der Waals surface area (Å²) in [5.74, 6) is 1.22. The van der Waals surface area contributed by atoms with E-state index < -0.39 is 0 Å². The summed E-state index contributed by atoms with van der Waals surface area (Å²) in [6, 6.07) is 13.9. The standard InChI is InChI=1S/C28H28N4O3/c1-18(2)35-25-7-6-19(12-20(25)14-29)27-30-15-21(16-31-27)22-4-3-5-24-23(22)8-9-28(24)13-26(34)32(17-28)10-11-33/h3-7,12,15-16,18,33H,8-11,13,17H2,1-2H3/t28-/m0/s1. The minimum absolute atomic E-state index is 0.0122. The maximum absolute atomic E-state index is 12.5. The average Bonchev–Trinajstić information content (AvgIpc) is 3.38. The number of β-amino-alcohol motifs (C(OH)–C–C–N with tert-alkyl or cyclic N) is 1. The summed E-state index contributed by atoms with van der Waals surface area (Å²) in [5.41, 5.74) is 5.55. The molecule has 0 bridgehead atoms. The topological polar surface area (TPSA) is 99.3 Å². The van der Waals surface area contributed by atoms with Gasteiger partial charge >= 0.3 is 0 Å². The first kappa shape index (κ1) is 23.0. The Labute approximate surface area is 205 Å². The second-order valence-corrected chi connectivity index (χ2v) is 9.61. The highest BCUT2D eigenvalue weighted by Crippen LogP contribution is 2.48. The first-order chi connectivity index (χ1) is 16.9. The van der Waals surface area contributed by atoms with Gasteiger partial charge in [-0.3, -0.25) is 4.79 Å². The molecule has 7 heteroatoms. The molecule has 7 nitrogen and oxygen atoms in total. The second kappa shape index (κ2) is 9.12. The molecule has 35 heavy (non-hydrogen) atoms. The van der Waals surface area contributed by atoms with Gasteiger partial charge in [0.1, 0.15) is 11.8 Å². The van der Waals surface area contributed by atoms with Crippen LogP contribution in [-0.2, 0) is 16.6 Å². The number of nitriles is 1. The highest BCUT2D eigenvalue weighted by Gasteiger charge is 2.48. The van der Waals surface area contributed by atoms with Crippen LogP contribution in [0.4, 0.5) is 0 Å². The van der Waals surface area contributed by atoms with Crippen molar-refractivity contribution in [3.8, 4) is 34.3 Å². The zero-order valence-corrected chi connectivity index (χ0v) is 20.0. The lowest BCUT2D eigenvalue weighted by Crippen LogP contribution is -2.32. The van der Waals surface area contributed by atoms with Crippen LogP contribution < -0.4 is 4.74 Å². The molecule has 1 spiro atoms. The summed E-state index contributed by atoms with van der Waals surface area (Å²) >= 11 is 0. The van der Waals surface area contributed by atoms with Crippen LogP contribution in [0.15, 0.2) is 48.8 Å². The van der Waals surface area contributed by atoms with E-state index in [2.05, 4.69) is 28.2 Å². The average molecular weight is 469 g/mol. The van der Waals surface area contributed by atoms with E-state index in [4.69, 9.17) is 4.74 Å². The fourth-order valence-corrected chi connectivity index (χ4v) is 5.43. The molecule has 3 aromatic rings. The summed E-state index contributed by atoms with van der Waals surface area (Å²) in [7, 11) is 0. The zero-order valence-electron chi connectivity index (χ0n) is 20.0. The molecule has 1 fully saturated rings. The fraction of sp³-hybridized carbons (Fsp3) is 0.357. The quantitative estimate of drug-likeness (QED) is 0.589. The van der Waals surface area contributed by atoms with Gasteiger partial charge in [-0.25, -0.2) is 9.97 Å². The number of carbonyl (C=O) groups is 1. The first-order valence-corrected chi connectivity index (χ1v) is 12.0. The number of ether oxygens (including phenoxy) is 1. The van der Waals surface area contributed by atoms with Crippen molar-refractivity contribution < 1.29 is 14.6 Å². The van der Waals surface area contributed by atoms with E-state index in [1.54, 1.807) is 17.0 Å². The molecule has 2 aliphatic rings. The molecule has 1 N–H and O–H groups in total. The zero-order chi connectivity index (χ0) is 24.6. The molecule has 1 saturated heterocycles. The van der Waals surface area contributed by atoms with E-state index in [0.29, 0.717) is 36.6 Å². The predicted molar refractivity (Wildman–Crippen MR) is 132 cm³/mol. The van der Waals surface area contributed by atoms with Crippen LogP contribution in [-0.4, -0.2) is 51.7 Å². The molecule has 0 radical (unpaired) electrons. The van der Waals surface area contributed by atoms with Gasteiger partial charge in [-0.1, -0.05) is 18.2 Å². The summed E-state index contributed by atoms with van der Waals surface area (Å²) in [6.45, 7) is 4.89. The molecule has 1 amide bonds. The maximum atomic E-state index is 12.5. The van der Waals surface area contributed by atoms with E-state index in [1.807, 2.05) is 38.4 Å². The molecule has 2 aromatic carbocycles. The summed E-state index contributed by atoms with van der Waals surface area (Å²) in [5, 5.41) is 18.8. The van der Waals surface area contributed by atoms with Crippen molar-refractivity contribution in [1.82, 2.24) is 14.9 Å². The van der Waals surface area contributed by atoms with Gasteiger partial charge in [0, 0.05) is 48.4 Å². The van der Waals surface area contributed by atoms with Gasteiger partial charge in [-0.15, -0.1) is 0 Å². The molecule has 1 atom stereocenters. The van der Waals surface area contributed by atoms with Gasteiger partial charge in [0.2, 0.25) is 5.91 Å². The van der Waals surface area contributed by atoms with Crippen LogP contribution in [0.2, 0.25) is 0 Å². The highest BCUT2D eigenvalue weighted by molar-refractivity contribution is 5.82. The number of fused-ring (bicyclic) bond motifs is 2. The van der Waals surface area contributed by atoms with Crippen molar-refractivity contribution in [1.29, 1.82) is 5.26 Å². The van der Waals surface area contributed by atoms with Crippen molar-refractivity contribution >= 4 is 5.91 Å². The van der Waals surface area contributed by atoms with Crippen LogP contribution in [0, 0.1) is 11.3 Å². The van der Waals surface area contributed by atoms with Gasteiger partial charge in [0.25, 0.3) is 0 Å².